The second-order valence-corrected chi connectivity index (χ2v) is 8.39. The van der Waals surface area contributed by atoms with Crippen molar-refractivity contribution < 1.29 is 13.9 Å². The van der Waals surface area contributed by atoms with E-state index >= 15 is 0 Å². The van der Waals surface area contributed by atoms with Crippen LogP contribution in [0, 0.1) is 17.7 Å². The van der Waals surface area contributed by atoms with Crippen LogP contribution in [0.25, 0.3) is 11.1 Å². The highest BCUT2D eigenvalue weighted by molar-refractivity contribution is 5.65. The maximum atomic E-state index is 14.9. The zero-order chi connectivity index (χ0) is 19.5. The zero-order valence-electron chi connectivity index (χ0n) is 17.0. The third-order valence-electron chi connectivity index (χ3n) is 6.83. The maximum absolute atomic E-state index is 14.9. The van der Waals surface area contributed by atoms with E-state index < -0.39 is 0 Å². The van der Waals surface area contributed by atoms with Crippen molar-refractivity contribution in [1.29, 1.82) is 0 Å². The Balaban J connectivity index is 1.45. The van der Waals surface area contributed by atoms with Gasteiger partial charge in [0, 0.05) is 12.2 Å². The Bertz CT molecular complexity index is 786. The summed E-state index contributed by atoms with van der Waals surface area (Å²) >= 11 is 0. The van der Waals surface area contributed by atoms with Gasteiger partial charge in [0.25, 0.3) is 0 Å². The van der Waals surface area contributed by atoms with Crippen LogP contribution >= 0.6 is 0 Å². The van der Waals surface area contributed by atoms with Gasteiger partial charge in [-0.1, -0.05) is 24.3 Å². The smallest absolute Gasteiger partial charge is 0.131 e. The third-order valence-corrected chi connectivity index (χ3v) is 6.83. The van der Waals surface area contributed by atoms with Crippen molar-refractivity contribution in [3.63, 3.8) is 0 Å². The summed E-state index contributed by atoms with van der Waals surface area (Å²) in [5.41, 5.74) is 2.72. The Morgan fingerprint density at radius 3 is 2.39 bits per heavy atom. The van der Waals surface area contributed by atoms with Crippen molar-refractivity contribution >= 4 is 0 Å². The molecule has 0 heterocycles. The number of fused-ring (bicyclic) bond motifs is 1. The molecule has 0 aliphatic heterocycles. The summed E-state index contributed by atoms with van der Waals surface area (Å²) in [5.74, 6) is 2.73. The lowest BCUT2D eigenvalue weighted by Gasteiger charge is -2.42. The second kappa shape index (κ2) is 8.65. The molecule has 0 radical (unpaired) electrons. The predicted molar refractivity (Wildman–Crippen MR) is 111 cm³/mol. The average molecular weight is 383 g/mol. The first-order valence-electron chi connectivity index (χ1n) is 10.7. The Morgan fingerprint density at radius 1 is 0.929 bits per heavy atom. The molecule has 4 rings (SSSR count). The van der Waals surface area contributed by atoms with Crippen LogP contribution < -0.4 is 4.74 Å². The number of benzene rings is 2. The van der Waals surface area contributed by atoms with E-state index in [1.165, 1.54) is 44.1 Å². The van der Waals surface area contributed by atoms with Crippen LogP contribution in [-0.4, -0.2) is 19.8 Å². The number of methoxy groups -OCH3 is 1. The van der Waals surface area contributed by atoms with Crippen molar-refractivity contribution in [3.05, 3.63) is 53.8 Å². The highest BCUT2D eigenvalue weighted by atomic mass is 19.1. The van der Waals surface area contributed by atoms with Crippen LogP contribution in [0.5, 0.6) is 5.75 Å². The molecule has 0 spiro atoms. The molecule has 0 saturated heterocycles. The topological polar surface area (TPSA) is 18.5 Å². The fourth-order valence-electron chi connectivity index (χ4n) is 5.33. The van der Waals surface area contributed by atoms with Crippen molar-refractivity contribution in [2.24, 2.45) is 11.8 Å². The Hall–Kier alpha value is -1.87. The van der Waals surface area contributed by atoms with Crippen LogP contribution in [0.4, 0.5) is 4.39 Å². The molecule has 4 unspecified atom stereocenters. The fraction of sp³-hybridized carbons (Fsp3) is 0.520. The normalized spacial score (nSPS) is 27.2. The minimum Gasteiger partial charge on any atom is -0.497 e. The summed E-state index contributed by atoms with van der Waals surface area (Å²) in [6.45, 7) is 2.91. The Kier molecular flexibility index (Phi) is 6.01. The second-order valence-electron chi connectivity index (χ2n) is 8.39. The molecule has 0 aromatic heterocycles. The lowest BCUT2D eigenvalue weighted by molar-refractivity contribution is -0.00956. The molecule has 4 atom stereocenters. The summed E-state index contributed by atoms with van der Waals surface area (Å²) in [4.78, 5) is 0. The molecule has 0 amide bonds. The summed E-state index contributed by atoms with van der Waals surface area (Å²) in [5, 5.41) is 0. The molecule has 2 aliphatic carbocycles. The summed E-state index contributed by atoms with van der Waals surface area (Å²) in [6.07, 6.45) is 7.75. The van der Waals surface area contributed by atoms with Gasteiger partial charge in [-0.25, -0.2) is 4.39 Å². The number of ether oxygens (including phenoxy) is 2. The van der Waals surface area contributed by atoms with E-state index in [1.54, 1.807) is 13.2 Å². The predicted octanol–water partition coefficient (Wildman–Crippen LogP) is 6.59. The van der Waals surface area contributed by atoms with Gasteiger partial charge in [0.1, 0.15) is 11.6 Å². The molecule has 2 aromatic carbocycles. The maximum Gasteiger partial charge on any atom is 0.131 e. The van der Waals surface area contributed by atoms with Gasteiger partial charge >= 0.3 is 0 Å². The molecule has 2 aromatic rings. The molecule has 2 saturated carbocycles. The molecule has 2 nitrogen and oxygen atoms in total. The molecule has 28 heavy (non-hydrogen) atoms. The lowest BCUT2D eigenvalue weighted by Crippen LogP contribution is -2.33. The van der Waals surface area contributed by atoms with Crippen LogP contribution in [0.3, 0.4) is 0 Å². The van der Waals surface area contributed by atoms with Gasteiger partial charge in [-0.05, 0) is 92.5 Å². The average Bonchev–Trinajstić information content (AvgIpc) is 2.73. The summed E-state index contributed by atoms with van der Waals surface area (Å²) in [6, 6.07) is 13.4. The molecular weight excluding hydrogens is 351 g/mol. The van der Waals surface area contributed by atoms with Gasteiger partial charge in [-0.2, -0.15) is 0 Å². The highest BCUT2D eigenvalue weighted by Gasteiger charge is 2.36. The molecule has 0 bridgehead atoms. The van der Waals surface area contributed by atoms with Crippen LogP contribution in [0.2, 0.25) is 0 Å². The van der Waals surface area contributed by atoms with Crippen LogP contribution in [-0.2, 0) is 4.74 Å². The van der Waals surface area contributed by atoms with E-state index in [1.807, 2.05) is 30.3 Å². The minimum absolute atomic E-state index is 0.121. The van der Waals surface area contributed by atoms with Gasteiger partial charge in [-0.15, -0.1) is 0 Å². The molecule has 0 N–H and O–H groups in total. The van der Waals surface area contributed by atoms with Crippen LogP contribution in [0.15, 0.2) is 42.5 Å². The monoisotopic (exact) mass is 382 g/mol. The van der Waals surface area contributed by atoms with Crippen molar-refractivity contribution in [2.75, 3.05) is 13.7 Å². The SMILES string of the molecule is CCOC1CCC2CC(c3ccc(-c4ccc(OC)cc4)c(F)c3)CCC2C1. The number of halogens is 1. The third kappa shape index (κ3) is 4.10. The zero-order valence-corrected chi connectivity index (χ0v) is 17.0. The molecule has 2 fully saturated rings. The van der Waals surface area contributed by atoms with E-state index in [-0.39, 0.29) is 5.82 Å². The summed E-state index contributed by atoms with van der Waals surface area (Å²) < 4.78 is 26.0. The minimum atomic E-state index is -0.121. The van der Waals surface area contributed by atoms with E-state index in [0.717, 1.165) is 29.8 Å². The van der Waals surface area contributed by atoms with E-state index in [0.29, 0.717) is 17.6 Å². The van der Waals surface area contributed by atoms with Crippen molar-refractivity contribution in [1.82, 2.24) is 0 Å². The molecular formula is C25H31FO2. The fourth-order valence-corrected chi connectivity index (χ4v) is 5.33. The first kappa shape index (κ1) is 19.4. The molecule has 2 aliphatic rings. The largest absolute Gasteiger partial charge is 0.497 e. The Morgan fingerprint density at radius 2 is 1.68 bits per heavy atom. The van der Waals surface area contributed by atoms with Crippen molar-refractivity contribution in [2.45, 2.75) is 57.5 Å². The molecule has 3 heteroatoms. The summed E-state index contributed by atoms with van der Waals surface area (Å²) in [7, 11) is 1.64. The van der Waals surface area contributed by atoms with Gasteiger partial charge in [-0.3, -0.25) is 0 Å². The number of hydrogen-bond acceptors (Lipinski definition) is 2. The molecule has 150 valence electrons. The number of rotatable bonds is 5. The highest BCUT2D eigenvalue weighted by Crippen LogP contribution is 2.47. The van der Waals surface area contributed by atoms with E-state index in [4.69, 9.17) is 9.47 Å². The van der Waals surface area contributed by atoms with E-state index in [2.05, 4.69) is 13.0 Å². The van der Waals surface area contributed by atoms with E-state index in [9.17, 15) is 4.39 Å². The standard InChI is InChI=1S/C25H31FO2/c1-3-28-23-12-8-19-14-18(4-5-20(19)15-23)21-9-13-24(25(26)16-21)17-6-10-22(27-2)11-7-17/h6-7,9-11,13,16,18-20,23H,3-5,8,12,14-15H2,1-2H3. The lowest BCUT2D eigenvalue weighted by atomic mass is 9.65. The van der Waals surface area contributed by atoms with Gasteiger partial charge in [0.05, 0.1) is 13.2 Å². The first-order valence-corrected chi connectivity index (χ1v) is 10.7. The number of hydrogen-bond donors (Lipinski definition) is 0. The van der Waals surface area contributed by atoms with Crippen LogP contribution in [0.1, 0.15) is 56.9 Å². The van der Waals surface area contributed by atoms with Gasteiger partial charge in [0.15, 0.2) is 0 Å². The quantitative estimate of drug-likeness (QED) is 0.581. The first-order chi connectivity index (χ1) is 13.7. The van der Waals surface area contributed by atoms with Crippen molar-refractivity contribution in [3.8, 4) is 16.9 Å². The van der Waals surface area contributed by atoms with Gasteiger partial charge < -0.3 is 9.47 Å². The Labute approximate surface area is 168 Å². The van der Waals surface area contributed by atoms with Gasteiger partial charge in [0.2, 0.25) is 0 Å².